The summed E-state index contributed by atoms with van der Waals surface area (Å²) in [6.45, 7) is 0. The van der Waals surface area contributed by atoms with Crippen LogP contribution in [-0.2, 0) is 11.2 Å². The summed E-state index contributed by atoms with van der Waals surface area (Å²) in [5.74, 6) is -1.26. The lowest BCUT2D eigenvalue weighted by molar-refractivity contribution is -0.119. The molecule has 1 atom stereocenters. The van der Waals surface area contributed by atoms with Crippen molar-refractivity contribution in [1.82, 2.24) is 4.90 Å². The summed E-state index contributed by atoms with van der Waals surface area (Å²) >= 11 is 3.09. The third-order valence-corrected chi connectivity index (χ3v) is 7.61. The minimum Gasteiger partial charge on any atom is -0.323 e. The first kappa shape index (κ1) is 21.4. The summed E-state index contributed by atoms with van der Waals surface area (Å²) in [5.41, 5.74) is 1.33. The van der Waals surface area contributed by atoms with Gasteiger partial charge >= 0.3 is 0 Å². The number of carbonyl (C=O) groups excluding carboxylic acids is 3. The lowest BCUT2D eigenvalue weighted by Gasteiger charge is -2.25. The quantitative estimate of drug-likeness (QED) is 0.299. The molecule has 1 aromatic heterocycles. The number of anilines is 1. The van der Waals surface area contributed by atoms with Gasteiger partial charge in [-0.1, -0.05) is 42.5 Å². The molecule has 0 aliphatic carbocycles. The lowest BCUT2D eigenvalue weighted by atomic mass is 10.1. The van der Waals surface area contributed by atoms with E-state index in [4.69, 9.17) is 0 Å². The molecule has 0 bridgehead atoms. The molecule has 5 nitrogen and oxygen atoms in total. The van der Waals surface area contributed by atoms with Crippen molar-refractivity contribution in [3.63, 3.8) is 0 Å². The predicted octanol–water partition coefficient (Wildman–Crippen LogP) is 5.47. The number of nitrogens with one attached hydrogen (secondary N) is 1. The first-order chi connectivity index (χ1) is 16.1. The molecule has 3 aromatic carbocycles. The molecule has 0 saturated heterocycles. The smallest absolute Gasteiger partial charge is 0.262 e. The zero-order chi connectivity index (χ0) is 22.9. The standard InChI is InChI=1S/C26H20N2O3S2/c1-32-23-13-7-5-11-20(23)27-24(29)21(15-17-14-16-8-2-6-12-22(16)33-17)28-25(30)18-9-3-4-10-19(18)26(28)31/h2-14,21H,15H2,1H3,(H,27,29)/t21-/m0/s1. The van der Waals surface area contributed by atoms with E-state index in [9.17, 15) is 14.4 Å². The monoisotopic (exact) mass is 472 g/mol. The van der Waals surface area contributed by atoms with Crippen LogP contribution in [0, 0.1) is 0 Å². The van der Waals surface area contributed by atoms with Gasteiger partial charge in [-0.25, -0.2) is 0 Å². The first-order valence-electron chi connectivity index (χ1n) is 10.4. The average molecular weight is 473 g/mol. The molecule has 0 saturated carbocycles. The van der Waals surface area contributed by atoms with E-state index < -0.39 is 17.9 Å². The summed E-state index contributed by atoms with van der Waals surface area (Å²) in [5, 5.41) is 4.03. The Balaban J connectivity index is 1.52. The molecule has 7 heteroatoms. The highest BCUT2D eigenvalue weighted by molar-refractivity contribution is 7.98. The highest BCUT2D eigenvalue weighted by Gasteiger charge is 2.43. The minimum absolute atomic E-state index is 0.248. The number of nitrogens with zero attached hydrogens (tertiary/aromatic N) is 1. The van der Waals surface area contributed by atoms with Crippen LogP contribution in [0.1, 0.15) is 25.6 Å². The van der Waals surface area contributed by atoms with E-state index in [-0.39, 0.29) is 12.3 Å². The number of hydrogen-bond acceptors (Lipinski definition) is 5. The van der Waals surface area contributed by atoms with Gasteiger partial charge in [0.15, 0.2) is 0 Å². The number of hydrogen-bond donors (Lipinski definition) is 1. The van der Waals surface area contributed by atoms with Gasteiger partial charge < -0.3 is 5.32 Å². The maximum absolute atomic E-state index is 13.6. The van der Waals surface area contributed by atoms with Crippen LogP contribution in [-0.4, -0.2) is 34.9 Å². The van der Waals surface area contributed by atoms with Crippen LogP contribution < -0.4 is 5.32 Å². The van der Waals surface area contributed by atoms with Gasteiger partial charge in [-0.15, -0.1) is 23.1 Å². The van der Waals surface area contributed by atoms with E-state index >= 15 is 0 Å². The fraction of sp³-hybridized carbons (Fsp3) is 0.115. The molecule has 0 fully saturated rings. The number of amides is 3. The number of imide groups is 1. The van der Waals surface area contributed by atoms with Gasteiger partial charge in [-0.3, -0.25) is 19.3 Å². The van der Waals surface area contributed by atoms with Crippen LogP contribution in [0.15, 0.2) is 83.8 Å². The number of para-hydroxylation sites is 1. The normalized spacial score (nSPS) is 13.9. The highest BCUT2D eigenvalue weighted by Crippen LogP contribution is 2.31. The van der Waals surface area contributed by atoms with Gasteiger partial charge in [0.25, 0.3) is 11.8 Å². The van der Waals surface area contributed by atoms with Gasteiger partial charge in [-0.05, 0) is 48.0 Å². The molecule has 33 heavy (non-hydrogen) atoms. The van der Waals surface area contributed by atoms with Crippen molar-refractivity contribution in [3.05, 3.63) is 94.9 Å². The van der Waals surface area contributed by atoms with Gasteiger partial charge in [0, 0.05) is 20.9 Å². The van der Waals surface area contributed by atoms with Crippen molar-refractivity contribution in [2.45, 2.75) is 17.4 Å². The molecule has 0 unspecified atom stereocenters. The molecule has 1 aliphatic rings. The van der Waals surface area contributed by atoms with Gasteiger partial charge in [-0.2, -0.15) is 0 Å². The molecular formula is C26H20N2O3S2. The van der Waals surface area contributed by atoms with E-state index in [2.05, 4.69) is 5.32 Å². The molecule has 164 valence electrons. The van der Waals surface area contributed by atoms with Crippen LogP contribution in [0.3, 0.4) is 0 Å². The third-order valence-electron chi connectivity index (χ3n) is 5.68. The Kier molecular flexibility index (Phi) is 5.74. The molecular weight excluding hydrogens is 452 g/mol. The van der Waals surface area contributed by atoms with Crippen molar-refractivity contribution < 1.29 is 14.4 Å². The number of fused-ring (bicyclic) bond motifs is 2. The van der Waals surface area contributed by atoms with Crippen LogP contribution in [0.5, 0.6) is 0 Å². The first-order valence-corrected chi connectivity index (χ1v) is 12.5. The Labute approximate surface area is 199 Å². The molecule has 2 heterocycles. The Bertz CT molecular complexity index is 1330. The van der Waals surface area contributed by atoms with Gasteiger partial charge in [0.2, 0.25) is 5.91 Å². The molecule has 0 spiro atoms. The third kappa shape index (κ3) is 3.94. The predicted molar refractivity (Wildman–Crippen MR) is 133 cm³/mol. The Morgan fingerprint density at radius 2 is 1.58 bits per heavy atom. The Morgan fingerprint density at radius 3 is 2.27 bits per heavy atom. The fourth-order valence-electron chi connectivity index (χ4n) is 4.08. The van der Waals surface area contributed by atoms with Crippen molar-refractivity contribution in [3.8, 4) is 0 Å². The van der Waals surface area contributed by atoms with E-state index in [1.165, 1.54) is 11.8 Å². The van der Waals surface area contributed by atoms with Crippen LogP contribution >= 0.6 is 23.1 Å². The Morgan fingerprint density at radius 1 is 0.939 bits per heavy atom. The number of thioether (sulfide) groups is 1. The fourth-order valence-corrected chi connectivity index (χ4v) is 5.74. The minimum atomic E-state index is -0.972. The summed E-state index contributed by atoms with van der Waals surface area (Å²) in [7, 11) is 0. The second kappa shape index (κ2) is 8.84. The second-order valence-corrected chi connectivity index (χ2v) is 9.70. The van der Waals surface area contributed by atoms with Crippen LogP contribution in [0.25, 0.3) is 10.1 Å². The zero-order valence-electron chi connectivity index (χ0n) is 17.8. The Hall–Kier alpha value is -3.42. The summed E-state index contributed by atoms with van der Waals surface area (Å²) in [4.78, 5) is 43.0. The number of thiophene rings is 1. The van der Waals surface area contributed by atoms with Crippen LogP contribution in [0.2, 0.25) is 0 Å². The van der Waals surface area contributed by atoms with Crippen molar-refractivity contribution >= 4 is 56.6 Å². The molecule has 3 amide bonds. The van der Waals surface area contributed by atoms with Crippen LogP contribution in [0.4, 0.5) is 5.69 Å². The maximum Gasteiger partial charge on any atom is 0.262 e. The zero-order valence-corrected chi connectivity index (χ0v) is 19.4. The van der Waals surface area contributed by atoms with Crippen molar-refractivity contribution in [1.29, 1.82) is 0 Å². The second-order valence-electron chi connectivity index (χ2n) is 7.69. The van der Waals surface area contributed by atoms with E-state index in [1.807, 2.05) is 60.9 Å². The van der Waals surface area contributed by atoms with Gasteiger partial charge in [0.1, 0.15) is 6.04 Å². The SMILES string of the molecule is CSc1ccccc1NC(=O)[C@H](Cc1cc2ccccc2s1)N1C(=O)c2ccccc2C1=O. The maximum atomic E-state index is 13.6. The molecule has 4 aromatic rings. The average Bonchev–Trinajstić information content (AvgIpc) is 3.36. The van der Waals surface area contributed by atoms with Gasteiger partial charge in [0.05, 0.1) is 16.8 Å². The van der Waals surface area contributed by atoms with E-state index in [1.54, 1.807) is 35.6 Å². The summed E-state index contributed by atoms with van der Waals surface area (Å²) in [6.07, 6.45) is 2.18. The molecule has 1 N–H and O–H groups in total. The van der Waals surface area contributed by atoms with E-state index in [0.29, 0.717) is 16.8 Å². The molecule has 0 radical (unpaired) electrons. The topological polar surface area (TPSA) is 66.5 Å². The van der Waals surface area contributed by atoms with Crippen molar-refractivity contribution in [2.75, 3.05) is 11.6 Å². The number of benzene rings is 3. The van der Waals surface area contributed by atoms with Crippen molar-refractivity contribution in [2.24, 2.45) is 0 Å². The highest BCUT2D eigenvalue weighted by atomic mass is 32.2. The summed E-state index contributed by atoms with van der Waals surface area (Å²) in [6, 6.07) is 23.2. The lowest BCUT2D eigenvalue weighted by Crippen LogP contribution is -2.48. The summed E-state index contributed by atoms with van der Waals surface area (Å²) < 4.78 is 1.10. The molecule has 1 aliphatic heterocycles. The largest absolute Gasteiger partial charge is 0.323 e. The van der Waals surface area contributed by atoms with E-state index in [0.717, 1.165) is 24.8 Å². The molecule has 5 rings (SSSR count). The number of rotatable bonds is 6. The number of carbonyl (C=O) groups is 3.